The molecule has 2 unspecified atom stereocenters. The minimum Gasteiger partial charge on any atom is -0.394 e. The minimum absolute atomic E-state index is 0.110. The van der Waals surface area contributed by atoms with Gasteiger partial charge in [0.25, 0.3) is 0 Å². The van der Waals surface area contributed by atoms with E-state index in [0.717, 1.165) is 38.5 Å². The zero-order valence-corrected chi connectivity index (χ0v) is 38.4. The molecule has 334 valence electrons. The monoisotopic (exact) mass is 798 g/mol. The van der Waals surface area contributed by atoms with Crippen LogP contribution in [0, 0.1) is 0 Å². The Kier molecular flexibility index (Phi) is 47.3. The Bertz CT molecular complexity index is 908. The van der Waals surface area contributed by atoms with Crippen molar-refractivity contribution in [1.82, 2.24) is 5.32 Å². The number of rotatable bonds is 46. The summed E-state index contributed by atoms with van der Waals surface area (Å²) in [5.74, 6) is -0.110. The molecule has 57 heavy (non-hydrogen) atoms. The molecule has 0 aliphatic heterocycles. The predicted molar refractivity (Wildman–Crippen MR) is 253 cm³/mol. The van der Waals surface area contributed by atoms with Crippen LogP contribution in [0.15, 0.2) is 48.6 Å². The lowest BCUT2D eigenvalue weighted by Gasteiger charge is -2.22. The third kappa shape index (κ3) is 45.3. The molecule has 0 saturated carbocycles. The number of hydrogen-bond acceptors (Lipinski definition) is 3. The molecule has 4 nitrogen and oxygen atoms in total. The Hall–Kier alpha value is -1.65. The first-order valence-electron chi connectivity index (χ1n) is 25.3. The largest absolute Gasteiger partial charge is 0.394 e. The van der Waals surface area contributed by atoms with Crippen LogP contribution in [0.2, 0.25) is 0 Å². The van der Waals surface area contributed by atoms with E-state index in [4.69, 9.17) is 0 Å². The number of unbranched alkanes of at least 4 members (excludes halogenated alkanes) is 31. The van der Waals surface area contributed by atoms with Crippen LogP contribution in [0.4, 0.5) is 0 Å². The van der Waals surface area contributed by atoms with E-state index in [1.807, 2.05) is 6.08 Å². The highest BCUT2D eigenvalue weighted by atomic mass is 16.3. The molecule has 3 N–H and O–H groups in total. The Labute approximate surface area is 356 Å². The fourth-order valence-electron chi connectivity index (χ4n) is 7.79. The molecule has 0 aromatic carbocycles. The minimum atomic E-state index is -0.690. The summed E-state index contributed by atoms with van der Waals surface area (Å²) in [6.45, 7) is 4.22. The quantitative estimate of drug-likeness (QED) is 0.0424. The second-order valence-corrected chi connectivity index (χ2v) is 17.2. The average Bonchev–Trinajstić information content (AvgIpc) is 3.22. The van der Waals surface area contributed by atoms with Gasteiger partial charge >= 0.3 is 0 Å². The molecule has 0 heterocycles. The van der Waals surface area contributed by atoms with E-state index in [0.29, 0.717) is 19.3 Å². The first-order chi connectivity index (χ1) is 28.2. The number of hydrogen-bond donors (Lipinski definition) is 3. The van der Waals surface area contributed by atoms with Crippen LogP contribution in [-0.2, 0) is 4.79 Å². The summed E-state index contributed by atoms with van der Waals surface area (Å²) in [4.78, 5) is 12.3. The first-order valence-corrected chi connectivity index (χ1v) is 25.3. The van der Waals surface area contributed by atoms with E-state index in [1.54, 1.807) is 0 Å². The van der Waals surface area contributed by atoms with Gasteiger partial charge in [0.15, 0.2) is 0 Å². The maximum Gasteiger partial charge on any atom is 0.220 e. The van der Waals surface area contributed by atoms with Gasteiger partial charge in [0.05, 0.1) is 18.8 Å². The van der Waals surface area contributed by atoms with Gasteiger partial charge < -0.3 is 15.5 Å². The Morgan fingerprint density at radius 2 is 0.737 bits per heavy atom. The maximum atomic E-state index is 12.3. The summed E-state index contributed by atoms with van der Waals surface area (Å²) in [6, 6.07) is -0.576. The zero-order valence-electron chi connectivity index (χ0n) is 38.4. The second kappa shape index (κ2) is 48.7. The van der Waals surface area contributed by atoms with Crippen LogP contribution in [-0.4, -0.2) is 34.9 Å². The smallest absolute Gasteiger partial charge is 0.220 e. The van der Waals surface area contributed by atoms with Crippen molar-refractivity contribution in [1.29, 1.82) is 0 Å². The van der Waals surface area contributed by atoms with Crippen molar-refractivity contribution in [3.8, 4) is 0 Å². The van der Waals surface area contributed by atoms with Crippen LogP contribution in [0.25, 0.3) is 0 Å². The van der Waals surface area contributed by atoms with Gasteiger partial charge in [-0.2, -0.15) is 0 Å². The van der Waals surface area contributed by atoms with Crippen molar-refractivity contribution < 1.29 is 15.0 Å². The van der Waals surface area contributed by atoms with Crippen molar-refractivity contribution in [2.45, 2.75) is 276 Å². The summed E-state index contributed by atoms with van der Waals surface area (Å²) >= 11 is 0. The summed E-state index contributed by atoms with van der Waals surface area (Å²) in [6.07, 6.45) is 66.8. The van der Waals surface area contributed by atoms with Gasteiger partial charge in [0.1, 0.15) is 0 Å². The van der Waals surface area contributed by atoms with Crippen molar-refractivity contribution >= 4 is 5.91 Å². The molecule has 0 fully saturated rings. The molecular weight excluding hydrogens is 699 g/mol. The topological polar surface area (TPSA) is 69.6 Å². The molecule has 0 aromatic heterocycles. The normalized spacial score (nSPS) is 13.3. The molecule has 0 spiro atoms. The van der Waals surface area contributed by atoms with Gasteiger partial charge in [-0.3, -0.25) is 4.79 Å². The second-order valence-electron chi connectivity index (χ2n) is 17.2. The number of amides is 1. The lowest BCUT2D eigenvalue weighted by molar-refractivity contribution is -0.123. The molecule has 0 aliphatic carbocycles. The highest BCUT2D eigenvalue weighted by Gasteiger charge is 2.19. The Morgan fingerprint density at radius 3 is 1.05 bits per heavy atom. The fourth-order valence-corrected chi connectivity index (χ4v) is 7.79. The molecule has 0 radical (unpaired) electrons. The number of carbonyl (C=O) groups excluding carboxylic acids is 1. The SMILES string of the molecule is CC/C=C\C/C=C\C/C=C\C/C=C\CCC(=O)NC(CO)C(O)CCCCCCCCCCCCCCCCCCCCCCCCCCCCCCCCCC. The van der Waals surface area contributed by atoms with E-state index < -0.39 is 12.1 Å². The van der Waals surface area contributed by atoms with Crippen LogP contribution < -0.4 is 5.32 Å². The Morgan fingerprint density at radius 1 is 0.439 bits per heavy atom. The molecule has 1 amide bonds. The number of nitrogens with one attached hydrogen (secondary N) is 1. The van der Waals surface area contributed by atoms with E-state index in [-0.39, 0.29) is 12.5 Å². The molecule has 0 bridgehead atoms. The molecule has 0 aliphatic rings. The van der Waals surface area contributed by atoms with E-state index in [9.17, 15) is 15.0 Å². The number of allylic oxidation sites excluding steroid dienone is 8. The maximum absolute atomic E-state index is 12.3. The summed E-state index contributed by atoms with van der Waals surface area (Å²) in [5.41, 5.74) is 0. The molecule has 0 rings (SSSR count). The van der Waals surface area contributed by atoms with Crippen molar-refractivity contribution in [3.63, 3.8) is 0 Å². The first kappa shape index (κ1) is 55.4. The average molecular weight is 798 g/mol. The van der Waals surface area contributed by atoms with Crippen molar-refractivity contribution in [2.24, 2.45) is 0 Å². The highest BCUT2D eigenvalue weighted by molar-refractivity contribution is 5.76. The third-order valence-corrected chi connectivity index (χ3v) is 11.6. The number of aliphatic hydroxyl groups is 2. The molecular formula is C53H99NO3. The lowest BCUT2D eigenvalue weighted by atomic mass is 10.0. The van der Waals surface area contributed by atoms with Gasteiger partial charge in [0.2, 0.25) is 5.91 Å². The lowest BCUT2D eigenvalue weighted by Crippen LogP contribution is -2.45. The summed E-state index contributed by atoms with van der Waals surface area (Å²) in [5, 5.41) is 23.1. The predicted octanol–water partition coefficient (Wildman–Crippen LogP) is 16.3. The van der Waals surface area contributed by atoms with Crippen molar-refractivity contribution in [2.75, 3.05) is 6.61 Å². The van der Waals surface area contributed by atoms with Gasteiger partial charge in [-0.05, 0) is 38.5 Å². The van der Waals surface area contributed by atoms with Crippen LogP contribution in [0.5, 0.6) is 0 Å². The third-order valence-electron chi connectivity index (χ3n) is 11.6. The molecule has 0 aromatic rings. The van der Waals surface area contributed by atoms with Crippen molar-refractivity contribution in [3.05, 3.63) is 48.6 Å². The van der Waals surface area contributed by atoms with E-state index in [1.165, 1.54) is 193 Å². The summed E-state index contributed by atoms with van der Waals surface area (Å²) < 4.78 is 0. The molecule has 2 atom stereocenters. The number of aliphatic hydroxyl groups excluding tert-OH is 2. The van der Waals surface area contributed by atoms with Gasteiger partial charge in [-0.1, -0.05) is 268 Å². The van der Waals surface area contributed by atoms with Gasteiger partial charge in [-0.25, -0.2) is 0 Å². The molecule has 4 heteroatoms. The van der Waals surface area contributed by atoms with Gasteiger partial charge in [-0.15, -0.1) is 0 Å². The Balaban J connectivity index is 3.43. The van der Waals surface area contributed by atoms with Crippen LogP contribution >= 0.6 is 0 Å². The standard InChI is InChI=1S/C53H99NO3/c1-3-5-7-9-11-13-15-17-18-19-20-21-22-23-24-25-26-27-28-29-30-31-32-33-34-35-37-38-40-42-44-46-48-52(56)51(50-55)54-53(57)49-47-45-43-41-39-36-16-14-12-10-8-6-4-2/h6,8,12,14,36,39,43,45,51-52,55-56H,3-5,7,9-11,13,15-35,37-38,40-42,44,46-50H2,1-2H3,(H,54,57)/b8-6-,14-12-,39-36-,45-43-. The zero-order chi connectivity index (χ0) is 41.4. The van der Waals surface area contributed by atoms with E-state index >= 15 is 0 Å². The number of carbonyl (C=O) groups is 1. The fraction of sp³-hybridized carbons (Fsp3) is 0.830. The highest BCUT2D eigenvalue weighted by Crippen LogP contribution is 2.17. The molecule has 0 saturated heterocycles. The van der Waals surface area contributed by atoms with Crippen LogP contribution in [0.1, 0.15) is 264 Å². The van der Waals surface area contributed by atoms with Crippen LogP contribution in [0.3, 0.4) is 0 Å². The van der Waals surface area contributed by atoms with E-state index in [2.05, 4.69) is 61.7 Å². The van der Waals surface area contributed by atoms with Gasteiger partial charge in [0, 0.05) is 6.42 Å². The summed E-state index contributed by atoms with van der Waals surface area (Å²) in [7, 11) is 0.